The van der Waals surface area contributed by atoms with Crippen LogP contribution in [0.1, 0.15) is 5.56 Å². The smallest absolute Gasteiger partial charge is 0.337 e. The van der Waals surface area contributed by atoms with Crippen LogP contribution in [0.5, 0.6) is 0 Å². The summed E-state index contributed by atoms with van der Waals surface area (Å²) in [5, 5.41) is 2.78. The monoisotopic (exact) mass is 351 g/mol. The Morgan fingerprint density at radius 2 is 1.84 bits per heavy atom. The van der Waals surface area contributed by atoms with Gasteiger partial charge in [0.15, 0.2) is 11.0 Å². The molecule has 0 spiro atoms. The standard InChI is InChI=1S/C11H6BrClF3N3/c12-7-2-1-6(11(14,15)16)5-8(7)19-10-9(13)17-3-4-18-10/h1-5H,(H,18,19). The number of nitrogens with one attached hydrogen (secondary N) is 1. The minimum atomic E-state index is -4.41. The molecule has 0 aliphatic heterocycles. The van der Waals surface area contributed by atoms with E-state index in [0.717, 1.165) is 12.1 Å². The van der Waals surface area contributed by atoms with E-state index < -0.39 is 11.7 Å². The molecule has 3 nitrogen and oxygen atoms in total. The molecular formula is C11H6BrClF3N3. The van der Waals surface area contributed by atoms with Crippen molar-refractivity contribution in [3.63, 3.8) is 0 Å². The molecule has 0 atom stereocenters. The van der Waals surface area contributed by atoms with Crippen molar-refractivity contribution in [2.45, 2.75) is 6.18 Å². The van der Waals surface area contributed by atoms with Crippen molar-refractivity contribution in [2.24, 2.45) is 0 Å². The van der Waals surface area contributed by atoms with E-state index in [9.17, 15) is 13.2 Å². The van der Waals surface area contributed by atoms with E-state index in [-0.39, 0.29) is 16.7 Å². The molecule has 0 aliphatic rings. The van der Waals surface area contributed by atoms with E-state index in [1.165, 1.54) is 18.5 Å². The summed E-state index contributed by atoms with van der Waals surface area (Å²) in [5.74, 6) is 0.184. The first-order valence-corrected chi connectivity index (χ1v) is 6.15. The maximum Gasteiger partial charge on any atom is 0.416 e. The predicted molar refractivity (Wildman–Crippen MR) is 69.5 cm³/mol. The van der Waals surface area contributed by atoms with Gasteiger partial charge < -0.3 is 5.32 Å². The van der Waals surface area contributed by atoms with Crippen LogP contribution in [0.4, 0.5) is 24.7 Å². The van der Waals surface area contributed by atoms with E-state index >= 15 is 0 Å². The Labute approximate surface area is 120 Å². The molecule has 1 heterocycles. The number of benzene rings is 1. The zero-order valence-corrected chi connectivity index (χ0v) is 11.5. The molecule has 0 bridgehead atoms. The average Bonchev–Trinajstić information content (AvgIpc) is 2.33. The van der Waals surface area contributed by atoms with Crippen molar-refractivity contribution in [3.05, 3.63) is 45.8 Å². The second-order valence-electron chi connectivity index (χ2n) is 3.51. The van der Waals surface area contributed by atoms with Crippen molar-refractivity contribution in [1.29, 1.82) is 0 Å². The molecule has 100 valence electrons. The average molecular weight is 353 g/mol. The van der Waals surface area contributed by atoms with E-state index in [1.54, 1.807) is 0 Å². The predicted octanol–water partition coefficient (Wildman–Crippen LogP) is 4.65. The van der Waals surface area contributed by atoms with Gasteiger partial charge in [0.1, 0.15) is 0 Å². The first-order chi connectivity index (χ1) is 8.88. The third kappa shape index (κ3) is 3.36. The first kappa shape index (κ1) is 14.1. The van der Waals surface area contributed by atoms with Crippen LogP contribution in [0.3, 0.4) is 0 Å². The van der Waals surface area contributed by atoms with E-state index in [2.05, 4.69) is 31.2 Å². The Kier molecular flexibility index (Phi) is 3.96. The molecular weight excluding hydrogens is 346 g/mol. The fraction of sp³-hybridized carbons (Fsp3) is 0.0909. The van der Waals surface area contributed by atoms with Crippen molar-refractivity contribution in [3.8, 4) is 0 Å². The second kappa shape index (κ2) is 5.34. The largest absolute Gasteiger partial charge is 0.416 e. The SMILES string of the molecule is FC(F)(F)c1ccc(Br)c(Nc2nccnc2Cl)c1. The molecule has 0 saturated heterocycles. The van der Waals surface area contributed by atoms with Crippen LogP contribution in [-0.4, -0.2) is 9.97 Å². The van der Waals surface area contributed by atoms with Crippen LogP contribution >= 0.6 is 27.5 Å². The van der Waals surface area contributed by atoms with Gasteiger partial charge in [0.25, 0.3) is 0 Å². The lowest BCUT2D eigenvalue weighted by atomic mass is 10.2. The van der Waals surface area contributed by atoms with Gasteiger partial charge in [-0.15, -0.1) is 0 Å². The van der Waals surface area contributed by atoms with Crippen LogP contribution in [0.2, 0.25) is 5.15 Å². The minimum absolute atomic E-state index is 0.0758. The Balaban J connectivity index is 2.38. The summed E-state index contributed by atoms with van der Waals surface area (Å²) in [4.78, 5) is 7.68. The summed E-state index contributed by atoms with van der Waals surface area (Å²) in [7, 11) is 0. The third-order valence-electron chi connectivity index (χ3n) is 2.20. The van der Waals surface area contributed by atoms with Gasteiger partial charge in [-0.25, -0.2) is 9.97 Å². The Bertz CT molecular complexity index is 604. The molecule has 2 aromatic rings. The van der Waals surface area contributed by atoms with E-state index in [1.807, 2.05) is 0 Å². The summed E-state index contributed by atoms with van der Waals surface area (Å²) < 4.78 is 38.3. The maximum atomic E-state index is 12.6. The summed E-state index contributed by atoms with van der Waals surface area (Å²) in [6, 6.07) is 3.25. The number of halogens is 5. The second-order valence-corrected chi connectivity index (χ2v) is 4.73. The van der Waals surface area contributed by atoms with Crippen LogP contribution in [0.25, 0.3) is 0 Å². The van der Waals surface area contributed by atoms with Crippen molar-refractivity contribution < 1.29 is 13.2 Å². The normalized spacial score (nSPS) is 11.4. The Morgan fingerprint density at radius 3 is 2.47 bits per heavy atom. The highest BCUT2D eigenvalue weighted by Gasteiger charge is 2.31. The molecule has 19 heavy (non-hydrogen) atoms. The fourth-order valence-corrected chi connectivity index (χ4v) is 1.83. The summed E-state index contributed by atoms with van der Waals surface area (Å²) in [5.41, 5.74) is -0.560. The maximum absolute atomic E-state index is 12.6. The number of aromatic nitrogens is 2. The number of anilines is 2. The van der Waals surface area contributed by atoms with E-state index in [0.29, 0.717) is 4.47 Å². The zero-order valence-electron chi connectivity index (χ0n) is 9.17. The number of hydrogen-bond donors (Lipinski definition) is 1. The van der Waals surface area contributed by atoms with Gasteiger partial charge in [0, 0.05) is 16.9 Å². The van der Waals surface area contributed by atoms with Crippen molar-refractivity contribution >= 4 is 39.0 Å². The quantitative estimate of drug-likeness (QED) is 0.854. The lowest BCUT2D eigenvalue weighted by Gasteiger charge is -2.12. The molecule has 1 aromatic carbocycles. The molecule has 0 fully saturated rings. The highest BCUT2D eigenvalue weighted by Crippen LogP contribution is 2.35. The van der Waals surface area contributed by atoms with Gasteiger partial charge in [0.2, 0.25) is 0 Å². The Morgan fingerprint density at radius 1 is 1.16 bits per heavy atom. The molecule has 8 heteroatoms. The Hall–Kier alpha value is -1.34. The van der Waals surface area contributed by atoms with Gasteiger partial charge in [-0.3, -0.25) is 0 Å². The van der Waals surface area contributed by atoms with Crippen LogP contribution in [-0.2, 0) is 6.18 Å². The van der Waals surface area contributed by atoms with Gasteiger partial charge in [-0.1, -0.05) is 11.6 Å². The highest BCUT2D eigenvalue weighted by atomic mass is 79.9. The van der Waals surface area contributed by atoms with Crippen LogP contribution in [0, 0.1) is 0 Å². The number of alkyl halides is 3. The van der Waals surface area contributed by atoms with Crippen LogP contribution in [0.15, 0.2) is 35.1 Å². The molecule has 0 amide bonds. The number of hydrogen-bond acceptors (Lipinski definition) is 3. The third-order valence-corrected chi connectivity index (χ3v) is 3.17. The zero-order chi connectivity index (χ0) is 14.0. The van der Waals surface area contributed by atoms with Crippen LogP contribution < -0.4 is 5.32 Å². The molecule has 2 rings (SSSR count). The molecule has 0 unspecified atom stereocenters. The lowest BCUT2D eigenvalue weighted by Crippen LogP contribution is -2.06. The summed E-state index contributed by atoms with van der Waals surface area (Å²) in [6.07, 6.45) is -1.65. The van der Waals surface area contributed by atoms with Crippen molar-refractivity contribution in [2.75, 3.05) is 5.32 Å². The van der Waals surface area contributed by atoms with Gasteiger partial charge in [-0.05, 0) is 34.1 Å². The molecule has 1 aromatic heterocycles. The van der Waals surface area contributed by atoms with Crippen molar-refractivity contribution in [1.82, 2.24) is 9.97 Å². The number of rotatable bonds is 2. The molecule has 1 N–H and O–H groups in total. The highest BCUT2D eigenvalue weighted by molar-refractivity contribution is 9.10. The first-order valence-electron chi connectivity index (χ1n) is 4.98. The molecule has 0 aliphatic carbocycles. The summed E-state index contributed by atoms with van der Waals surface area (Å²) >= 11 is 8.94. The lowest BCUT2D eigenvalue weighted by molar-refractivity contribution is -0.137. The molecule has 0 saturated carbocycles. The van der Waals surface area contributed by atoms with Gasteiger partial charge >= 0.3 is 6.18 Å². The minimum Gasteiger partial charge on any atom is -0.337 e. The topological polar surface area (TPSA) is 37.8 Å². The molecule has 0 radical (unpaired) electrons. The fourth-order valence-electron chi connectivity index (χ4n) is 1.33. The van der Waals surface area contributed by atoms with E-state index in [4.69, 9.17) is 11.6 Å². The van der Waals surface area contributed by atoms with Gasteiger partial charge in [-0.2, -0.15) is 13.2 Å². The van der Waals surface area contributed by atoms with Gasteiger partial charge in [0.05, 0.1) is 11.3 Å². The number of nitrogens with zero attached hydrogens (tertiary/aromatic N) is 2. The summed E-state index contributed by atoms with van der Waals surface area (Å²) in [6.45, 7) is 0.